The number of allylic oxidation sites excluding steroid dienone is 4. The van der Waals surface area contributed by atoms with E-state index in [2.05, 4.69) is 43.5 Å². The van der Waals surface area contributed by atoms with E-state index in [0.717, 1.165) is 64.2 Å². The largest absolute Gasteiger partial charge is 0.472 e. The van der Waals surface area contributed by atoms with Crippen LogP contribution in [0.3, 0.4) is 0 Å². The van der Waals surface area contributed by atoms with Gasteiger partial charge in [0.2, 0.25) is 5.91 Å². The third kappa shape index (κ3) is 29.8. The summed E-state index contributed by atoms with van der Waals surface area (Å²) in [6.07, 6.45) is 36.5. The van der Waals surface area contributed by atoms with Crippen molar-refractivity contribution in [1.29, 1.82) is 0 Å². The highest BCUT2D eigenvalue weighted by atomic mass is 31.2. The molecule has 0 aromatic heterocycles. The summed E-state index contributed by atoms with van der Waals surface area (Å²) in [6.45, 7) is 4.68. The van der Waals surface area contributed by atoms with Gasteiger partial charge >= 0.3 is 7.82 Å². The Morgan fingerprint density at radius 3 is 2.02 bits per heavy atom. The minimum absolute atomic E-state index is 0.0531. The topological polar surface area (TPSA) is 118 Å². The van der Waals surface area contributed by atoms with Crippen molar-refractivity contribution in [1.82, 2.24) is 5.32 Å². The number of carbonyl (C=O) groups is 1. The van der Waals surface area contributed by atoms with E-state index >= 15 is 0 Å². The second kappa shape index (κ2) is 30.1. The molecule has 1 aliphatic heterocycles. The molecule has 9 nitrogen and oxygen atoms in total. The van der Waals surface area contributed by atoms with E-state index in [1.165, 1.54) is 70.6 Å². The third-order valence-electron chi connectivity index (χ3n) is 9.23. The Bertz CT molecular complexity index is 997. The number of nitrogens with zero attached hydrogens (tertiary/aromatic N) is 1. The molecule has 298 valence electrons. The van der Waals surface area contributed by atoms with Gasteiger partial charge in [-0.25, -0.2) is 4.57 Å². The summed E-state index contributed by atoms with van der Waals surface area (Å²) in [7, 11) is 1.54. The van der Waals surface area contributed by atoms with Gasteiger partial charge in [-0.15, -0.1) is 0 Å². The number of nitrogens with one attached hydrogen (secondary N) is 1. The SMILES string of the molecule is CCC/C=C\CCCCCCCC/C=C/[C@@H](O)[C@H](COP(=O)(O)OCC[N+](C)(C)C)NC(=O)CCCCCCCC1OC1C/C=C\CCCCC. The molecule has 3 N–H and O–H groups in total. The molecule has 3 unspecified atom stereocenters. The minimum atomic E-state index is -4.34. The van der Waals surface area contributed by atoms with Gasteiger partial charge in [0, 0.05) is 6.42 Å². The van der Waals surface area contributed by atoms with Crippen LogP contribution in [0.5, 0.6) is 0 Å². The fourth-order valence-corrected chi connectivity index (χ4v) is 6.55. The zero-order valence-corrected chi connectivity index (χ0v) is 34.2. The van der Waals surface area contributed by atoms with Crippen LogP contribution in [0.1, 0.15) is 155 Å². The molecule has 1 amide bonds. The Morgan fingerprint density at radius 1 is 0.765 bits per heavy atom. The molecule has 1 fully saturated rings. The molecule has 0 aliphatic carbocycles. The number of aliphatic hydroxyl groups is 1. The number of amides is 1. The summed E-state index contributed by atoms with van der Waals surface area (Å²) in [4.78, 5) is 23.1. The quantitative estimate of drug-likeness (QED) is 0.0195. The van der Waals surface area contributed by atoms with Gasteiger partial charge in [0.05, 0.1) is 52.1 Å². The number of likely N-dealkylation sites (N-methyl/N-ethyl adjacent to an activating group) is 1. The maximum absolute atomic E-state index is 12.8. The van der Waals surface area contributed by atoms with Crippen molar-refractivity contribution in [2.75, 3.05) is 40.9 Å². The Morgan fingerprint density at radius 2 is 1.35 bits per heavy atom. The number of unbranched alkanes of at least 4 members (excludes halogenated alkanes) is 15. The number of aliphatic hydroxyl groups excluding tert-OH is 1. The van der Waals surface area contributed by atoms with Crippen LogP contribution in [0.2, 0.25) is 0 Å². The zero-order chi connectivity index (χ0) is 37.6. The van der Waals surface area contributed by atoms with Crippen molar-refractivity contribution in [3.05, 3.63) is 36.5 Å². The maximum Gasteiger partial charge on any atom is 0.472 e. The monoisotopic (exact) mass is 742 g/mol. The average Bonchev–Trinajstić information content (AvgIpc) is 3.83. The van der Waals surface area contributed by atoms with Gasteiger partial charge in [0.25, 0.3) is 0 Å². The Kier molecular flexibility index (Phi) is 28.1. The van der Waals surface area contributed by atoms with Crippen molar-refractivity contribution in [3.63, 3.8) is 0 Å². The molecule has 0 aromatic rings. The van der Waals surface area contributed by atoms with Crippen LogP contribution in [-0.2, 0) is 23.1 Å². The lowest BCUT2D eigenvalue weighted by Gasteiger charge is -2.25. The highest BCUT2D eigenvalue weighted by Crippen LogP contribution is 2.43. The van der Waals surface area contributed by atoms with Crippen LogP contribution < -0.4 is 5.32 Å². The third-order valence-corrected chi connectivity index (χ3v) is 10.2. The molecule has 1 saturated heterocycles. The van der Waals surface area contributed by atoms with Crippen LogP contribution in [-0.4, -0.2) is 85.6 Å². The number of phosphoric ester groups is 1. The van der Waals surface area contributed by atoms with Crippen LogP contribution in [0, 0.1) is 0 Å². The van der Waals surface area contributed by atoms with E-state index in [-0.39, 0.29) is 19.1 Å². The normalized spacial score (nSPS) is 18.9. The highest BCUT2D eigenvalue weighted by Gasteiger charge is 2.36. The van der Waals surface area contributed by atoms with E-state index < -0.39 is 20.0 Å². The van der Waals surface area contributed by atoms with E-state index in [0.29, 0.717) is 29.7 Å². The number of phosphoric acid groups is 1. The van der Waals surface area contributed by atoms with Crippen LogP contribution in [0.15, 0.2) is 36.5 Å². The summed E-state index contributed by atoms with van der Waals surface area (Å²) in [6, 6.07) is -0.861. The Hall–Kier alpha value is -1.32. The van der Waals surface area contributed by atoms with Crippen LogP contribution in [0.4, 0.5) is 0 Å². The summed E-state index contributed by atoms with van der Waals surface area (Å²) >= 11 is 0. The zero-order valence-electron chi connectivity index (χ0n) is 33.3. The molecule has 10 heteroatoms. The predicted molar refractivity (Wildman–Crippen MR) is 212 cm³/mol. The number of hydrogen-bond acceptors (Lipinski definition) is 6. The first-order valence-electron chi connectivity index (χ1n) is 20.5. The molecule has 0 aromatic carbocycles. The number of quaternary nitrogens is 1. The summed E-state index contributed by atoms with van der Waals surface area (Å²) < 4.78 is 29.3. The molecule has 1 rings (SSSR count). The molecular formula is C41H78N2O7P+. The number of carbonyl (C=O) groups excluding carboxylic acids is 1. The lowest BCUT2D eigenvalue weighted by Crippen LogP contribution is -2.45. The van der Waals surface area contributed by atoms with Crippen molar-refractivity contribution in [3.8, 4) is 0 Å². The van der Waals surface area contributed by atoms with Gasteiger partial charge < -0.3 is 24.5 Å². The Labute approximate surface area is 312 Å². The fraction of sp³-hybridized carbons (Fsp3) is 0.829. The van der Waals surface area contributed by atoms with E-state index in [9.17, 15) is 19.4 Å². The van der Waals surface area contributed by atoms with Gasteiger partial charge in [-0.2, -0.15) is 0 Å². The Balaban J connectivity index is 2.37. The molecule has 5 atom stereocenters. The van der Waals surface area contributed by atoms with Crippen LogP contribution in [0.25, 0.3) is 0 Å². The average molecular weight is 742 g/mol. The van der Waals surface area contributed by atoms with E-state index in [1.807, 2.05) is 27.2 Å². The first-order chi connectivity index (χ1) is 24.5. The lowest BCUT2D eigenvalue weighted by atomic mass is 10.1. The van der Waals surface area contributed by atoms with Gasteiger partial charge in [-0.05, 0) is 64.2 Å². The van der Waals surface area contributed by atoms with Crippen molar-refractivity contribution >= 4 is 13.7 Å². The molecule has 51 heavy (non-hydrogen) atoms. The molecule has 1 heterocycles. The van der Waals surface area contributed by atoms with Crippen molar-refractivity contribution in [2.45, 2.75) is 179 Å². The first kappa shape index (κ1) is 47.7. The summed E-state index contributed by atoms with van der Waals surface area (Å²) in [5, 5.41) is 13.8. The van der Waals surface area contributed by atoms with Gasteiger partial charge in [0.1, 0.15) is 13.2 Å². The molecule has 0 spiro atoms. The molecule has 0 bridgehead atoms. The van der Waals surface area contributed by atoms with E-state index in [4.69, 9.17) is 13.8 Å². The standard InChI is InChI=1S/C41H77N2O7P/c1-6-8-10-12-14-15-16-17-18-19-20-22-26-30-38(44)37(36-49-51(46,47)48-35-34-43(3,4)5)42-41(45)33-29-25-21-24-28-32-40-39(50-40)31-27-23-13-11-9-7-2/h10,12,23,26-27,30,37-40,44H,6-9,11,13-22,24-25,28-29,31-36H2,1-5H3,(H-,42,45,46,47)/p+1/b12-10-,27-23-,30-26+/t37-,38+,39?,40?/m0/s1. The van der Waals surface area contributed by atoms with Gasteiger partial charge in [0.15, 0.2) is 0 Å². The number of hydrogen-bond donors (Lipinski definition) is 3. The first-order valence-corrected chi connectivity index (χ1v) is 22.0. The molecule has 0 radical (unpaired) electrons. The smallest absolute Gasteiger partial charge is 0.387 e. The number of rotatable bonds is 35. The van der Waals surface area contributed by atoms with E-state index in [1.54, 1.807) is 6.08 Å². The molecular weight excluding hydrogens is 663 g/mol. The summed E-state index contributed by atoms with van der Waals surface area (Å²) in [5.74, 6) is -0.201. The van der Waals surface area contributed by atoms with Gasteiger partial charge in [-0.3, -0.25) is 13.8 Å². The predicted octanol–water partition coefficient (Wildman–Crippen LogP) is 9.73. The second-order valence-electron chi connectivity index (χ2n) is 15.4. The van der Waals surface area contributed by atoms with Crippen molar-refractivity contribution in [2.24, 2.45) is 0 Å². The van der Waals surface area contributed by atoms with Crippen LogP contribution >= 0.6 is 7.82 Å². The summed E-state index contributed by atoms with van der Waals surface area (Å²) in [5.41, 5.74) is 0. The minimum Gasteiger partial charge on any atom is -0.387 e. The molecule has 1 aliphatic rings. The number of epoxide rings is 1. The maximum atomic E-state index is 12.8. The van der Waals surface area contributed by atoms with Gasteiger partial charge in [-0.1, -0.05) is 121 Å². The molecule has 0 saturated carbocycles. The fourth-order valence-electron chi connectivity index (χ4n) is 5.81. The highest BCUT2D eigenvalue weighted by molar-refractivity contribution is 7.47. The van der Waals surface area contributed by atoms with Crippen molar-refractivity contribution < 1.29 is 37.6 Å². The second-order valence-corrected chi connectivity index (χ2v) is 16.8. The number of ether oxygens (including phenoxy) is 1. The lowest BCUT2D eigenvalue weighted by molar-refractivity contribution is -0.870.